The summed E-state index contributed by atoms with van der Waals surface area (Å²) in [5.74, 6) is 0. The van der Waals surface area contributed by atoms with Gasteiger partial charge in [-0.2, -0.15) is 0 Å². The van der Waals surface area contributed by atoms with Crippen LogP contribution >= 0.6 is 0 Å². The molecular formula is C14H15NO2. The molecule has 3 heteroatoms. The van der Waals surface area contributed by atoms with Gasteiger partial charge < -0.3 is 10.1 Å². The molecule has 2 aromatic rings. The molecule has 0 bridgehead atoms. The molecule has 1 aromatic heterocycles. The molecule has 0 amide bonds. The summed E-state index contributed by atoms with van der Waals surface area (Å²) >= 11 is 0. The van der Waals surface area contributed by atoms with Crippen LogP contribution in [0, 0.1) is 0 Å². The summed E-state index contributed by atoms with van der Waals surface area (Å²) in [6, 6.07) is 13.1. The maximum absolute atomic E-state index is 11.8. The van der Waals surface area contributed by atoms with E-state index in [1.54, 1.807) is 19.9 Å². The van der Waals surface area contributed by atoms with E-state index >= 15 is 0 Å². The van der Waals surface area contributed by atoms with Crippen LogP contribution in [0.4, 0.5) is 0 Å². The third-order valence-electron chi connectivity index (χ3n) is 2.65. The number of nitrogens with one attached hydrogen (secondary N) is 1. The minimum atomic E-state index is -1.12. The number of benzene rings is 1. The van der Waals surface area contributed by atoms with Gasteiger partial charge in [0.15, 0.2) is 0 Å². The van der Waals surface area contributed by atoms with Crippen molar-refractivity contribution in [2.24, 2.45) is 0 Å². The summed E-state index contributed by atoms with van der Waals surface area (Å²) in [5, 5.41) is 9.81. The van der Waals surface area contributed by atoms with E-state index < -0.39 is 5.60 Å². The van der Waals surface area contributed by atoms with E-state index in [1.165, 1.54) is 0 Å². The second-order valence-electron chi connectivity index (χ2n) is 4.54. The lowest BCUT2D eigenvalue weighted by Crippen LogP contribution is -2.26. The fourth-order valence-electron chi connectivity index (χ4n) is 1.74. The van der Waals surface area contributed by atoms with Gasteiger partial charge in [-0.3, -0.25) is 4.79 Å². The second kappa shape index (κ2) is 4.18. The molecule has 1 heterocycles. The molecule has 17 heavy (non-hydrogen) atoms. The Kier molecular flexibility index (Phi) is 2.86. The zero-order valence-corrected chi connectivity index (χ0v) is 9.90. The Morgan fingerprint density at radius 1 is 1.06 bits per heavy atom. The first-order chi connectivity index (χ1) is 7.98. The average Bonchev–Trinajstić information content (AvgIpc) is 2.28. The average molecular weight is 229 g/mol. The van der Waals surface area contributed by atoms with Gasteiger partial charge in [0.05, 0.1) is 5.60 Å². The fourth-order valence-corrected chi connectivity index (χ4v) is 1.74. The lowest BCUT2D eigenvalue weighted by Gasteiger charge is -2.16. The van der Waals surface area contributed by atoms with Crippen molar-refractivity contribution in [1.29, 1.82) is 0 Å². The molecule has 0 atom stereocenters. The van der Waals surface area contributed by atoms with Crippen molar-refractivity contribution in [3.63, 3.8) is 0 Å². The van der Waals surface area contributed by atoms with E-state index in [-0.39, 0.29) is 5.56 Å². The summed E-state index contributed by atoms with van der Waals surface area (Å²) in [5.41, 5.74) is 0.703. The normalized spacial score (nSPS) is 11.5. The van der Waals surface area contributed by atoms with Crippen LogP contribution in [0.25, 0.3) is 11.3 Å². The molecule has 3 nitrogen and oxygen atoms in total. The predicted octanol–water partition coefficient (Wildman–Crippen LogP) is 2.27. The first-order valence-corrected chi connectivity index (χ1v) is 5.50. The maximum Gasteiger partial charge on any atom is 0.254 e. The van der Waals surface area contributed by atoms with Gasteiger partial charge in [-0.1, -0.05) is 30.3 Å². The van der Waals surface area contributed by atoms with Gasteiger partial charge in [0, 0.05) is 11.3 Å². The van der Waals surface area contributed by atoms with Gasteiger partial charge in [0.2, 0.25) is 0 Å². The van der Waals surface area contributed by atoms with E-state index in [2.05, 4.69) is 4.98 Å². The van der Waals surface area contributed by atoms with Crippen LogP contribution in [-0.4, -0.2) is 10.1 Å². The van der Waals surface area contributed by atoms with Crippen LogP contribution in [0.1, 0.15) is 19.4 Å². The Balaban J connectivity index is 2.49. The van der Waals surface area contributed by atoms with Crippen molar-refractivity contribution in [3.8, 4) is 11.3 Å². The molecule has 2 N–H and O–H groups in total. The van der Waals surface area contributed by atoms with Gasteiger partial charge in [-0.05, 0) is 31.5 Å². The van der Waals surface area contributed by atoms with Gasteiger partial charge in [0.25, 0.3) is 5.56 Å². The highest BCUT2D eigenvalue weighted by atomic mass is 16.3. The van der Waals surface area contributed by atoms with Crippen molar-refractivity contribution in [2.75, 3.05) is 0 Å². The molecule has 0 spiro atoms. The minimum Gasteiger partial charge on any atom is -0.386 e. The monoisotopic (exact) mass is 229 g/mol. The SMILES string of the molecule is CC(C)(O)c1ccc(-c2ccccc2)[nH]c1=O. The van der Waals surface area contributed by atoms with Crippen LogP contribution < -0.4 is 5.56 Å². The van der Waals surface area contributed by atoms with Crippen LogP contribution in [0.2, 0.25) is 0 Å². The Hall–Kier alpha value is -1.87. The Bertz CT molecular complexity index is 565. The summed E-state index contributed by atoms with van der Waals surface area (Å²) in [6.45, 7) is 3.19. The summed E-state index contributed by atoms with van der Waals surface area (Å²) in [7, 11) is 0. The van der Waals surface area contributed by atoms with Crippen molar-refractivity contribution in [2.45, 2.75) is 19.4 Å². The van der Waals surface area contributed by atoms with E-state index in [0.29, 0.717) is 5.56 Å². The van der Waals surface area contributed by atoms with E-state index in [9.17, 15) is 9.90 Å². The molecular weight excluding hydrogens is 214 g/mol. The van der Waals surface area contributed by atoms with Gasteiger partial charge in [0.1, 0.15) is 0 Å². The molecule has 88 valence electrons. The van der Waals surface area contributed by atoms with E-state index in [1.807, 2.05) is 36.4 Å². The molecule has 0 aliphatic carbocycles. The maximum atomic E-state index is 11.8. The first-order valence-electron chi connectivity index (χ1n) is 5.50. The highest BCUT2D eigenvalue weighted by molar-refractivity contribution is 5.58. The van der Waals surface area contributed by atoms with Crippen molar-refractivity contribution in [3.05, 3.63) is 58.4 Å². The standard InChI is InChI=1S/C14H15NO2/c1-14(2,17)11-8-9-12(15-13(11)16)10-6-4-3-5-7-10/h3-9,17H,1-2H3,(H,15,16). The molecule has 0 saturated carbocycles. The quantitative estimate of drug-likeness (QED) is 0.830. The number of hydrogen-bond acceptors (Lipinski definition) is 2. The van der Waals surface area contributed by atoms with Crippen LogP contribution in [0.15, 0.2) is 47.3 Å². The highest BCUT2D eigenvalue weighted by Gasteiger charge is 2.19. The predicted molar refractivity (Wildman–Crippen MR) is 67.7 cm³/mol. The molecule has 2 rings (SSSR count). The van der Waals surface area contributed by atoms with Crippen molar-refractivity contribution in [1.82, 2.24) is 4.98 Å². The van der Waals surface area contributed by atoms with E-state index in [4.69, 9.17) is 0 Å². The number of hydrogen-bond donors (Lipinski definition) is 2. The number of aliphatic hydroxyl groups is 1. The highest BCUT2D eigenvalue weighted by Crippen LogP contribution is 2.19. The van der Waals surface area contributed by atoms with Crippen LogP contribution in [0.5, 0.6) is 0 Å². The minimum absolute atomic E-state index is 0.251. The number of H-pyrrole nitrogens is 1. The lowest BCUT2D eigenvalue weighted by atomic mass is 9.99. The number of aromatic nitrogens is 1. The topological polar surface area (TPSA) is 53.1 Å². The van der Waals surface area contributed by atoms with Crippen LogP contribution in [-0.2, 0) is 5.60 Å². The smallest absolute Gasteiger partial charge is 0.254 e. The lowest BCUT2D eigenvalue weighted by molar-refractivity contribution is 0.0771. The molecule has 1 aromatic carbocycles. The Morgan fingerprint density at radius 3 is 2.24 bits per heavy atom. The third-order valence-corrected chi connectivity index (χ3v) is 2.65. The molecule has 0 saturated heterocycles. The summed E-state index contributed by atoms with van der Waals surface area (Å²) < 4.78 is 0. The van der Waals surface area contributed by atoms with Gasteiger partial charge in [-0.25, -0.2) is 0 Å². The van der Waals surface area contributed by atoms with E-state index in [0.717, 1.165) is 11.3 Å². The molecule has 0 unspecified atom stereocenters. The third kappa shape index (κ3) is 2.45. The largest absolute Gasteiger partial charge is 0.386 e. The molecule has 0 radical (unpaired) electrons. The fraction of sp³-hybridized carbons (Fsp3) is 0.214. The summed E-state index contributed by atoms with van der Waals surface area (Å²) in [6.07, 6.45) is 0. The van der Waals surface area contributed by atoms with Gasteiger partial charge in [-0.15, -0.1) is 0 Å². The number of rotatable bonds is 2. The number of aromatic amines is 1. The van der Waals surface area contributed by atoms with Crippen molar-refractivity contribution >= 4 is 0 Å². The molecule has 0 aliphatic heterocycles. The van der Waals surface area contributed by atoms with Gasteiger partial charge >= 0.3 is 0 Å². The summed E-state index contributed by atoms with van der Waals surface area (Å²) in [4.78, 5) is 14.6. The second-order valence-corrected chi connectivity index (χ2v) is 4.54. The zero-order chi connectivity index (χ0) is 12.5. The molecule has 0 aliphatic rings. The van der Waals surface area contributed by atoms with Crippen molar-refractivity contribution < 1.29 is 5.11 Å². The Labute approximate surface area is 99.8 Å². The Morgan fingerprint density at radius 2 is 1.71 bits per heavy atom. The zero-order valence-electron chi connectivity index (χ0n) is 9.90. The number of pyridine rings is 1. The van der Waals surface area contributed by atoms with Crippen LogP contribution in [0.3, 0.4) is 0 Å². The molecule has 0 fully saturated rings. The first kappa shape index (κ1) is 11.6.